The van der Waals surface area contributed by atoms with E-state index < -0.39 is 64.2 Å². The summed E-state index contributed by atoms with van der Waals surface area (Å²) in [7, 11) is 0.848. The maximum absolute atomic E-state index is 14.1. The molecule has 15 heteroatoms. The van der Waals surface area contributed by atoms with Crippen molar-refractivity contribution < 1.29 is 39.1 Å². The second-order valence-corrected chi connectivity index (χ2v) is 14.0. The van der Waals surface area contributed by atoms with E-state index in [-0.39, 0.29) is 40.0 Å². The lowest BCUT2D eigenvalue weighted by atomic mass is 9.56. The standard InChI is InChI=1S/C28H23BBr2Cl2N2O8/c1-34-25(39)27(32)10-16-13(19(28(27,33)26(34)40)15-9-17(43-2)22(36)21(31)20(15)30)6-7-14-18(16)24(38)35(23(14)37)12-5-3-4-11(8-12)29(41)42/h3-6,8-9,14,16,18-19,36,41-42H,7,10H2,1-2H3. The van der Waals surface area contributed by atoms with Crippen LogP contribution in [0.3, 0.4) is 0 Å². The van der Waals surface area contributed by atoms with Crippen molar-refractivity contribution in [2.75, 3.05) is 19.1 Å². The van der Waals surface area contributed by atoms with Crippen molar-refractivity contribution in [1.82, 2.24) is 4.90 Å². The number of halogens is 4. The number of likely N-dealkylation sites (tertiary alicyclic amines) is 1. The van der Waals surface area contributed by atoms with Gasteiger partial charge in [-0.2, -0.15) is 0 Å². The number of carbonyl (C=O) groups is 4. The first kappa shape index (κ1) is 30.6. The van der Waals surface area contributed by atoms with Crippen LogP contribution in [0.15, 0.2) is 50.9 Å². The topological polar surface area (TPSA) is 145 Å². The molecule has 3 fully saturated rings. The zero-order valence-corrected chi connectivity index (χ0v) is 27.2. The molecule has 4 amide bonds. The molecule has 1 saturated carbocycles. The van der Waals surface area contributed by atoms with Gasteiger partial charge < -0.3 is 19.9 Å². The van der Waals surface area contributed by atoms with Crippen molar-refractivity contribution in [2.45, 2.75) is 28.5 Å². The Labute approximate surface area is 273 Å². The molecule has 2 heterocycles. The summed E-state index contributed by atoms with van der Waals surface area (Å²) in [5.41, 5.74) is 1.22. The number of phenolic OH excluding ortho intramolecular Hbond substituents is 1. The van der Waals surface area contributed by atoms with Gasteiger partial charge in [-0.25, -0.2) is 0 Å². The molecule has 6 atom stereocenters. The van der Waals surface area contributed by atoms with E-state index in [0.717, 1.165) is 9.80 Å². The van der Waals surface area contributed by atoms with Gasteiger partial charge in [0.1, 0.15) is 0 Å². The van der Waals surface area contributed by atoms with E-state index in [9.17, 15) is 34.3 Å². The Morgan fingerprint density at radius 1 is 1.02 bits per heavy atom. The first-order valence-electron chi connectivity index (χ1n) is 13.2. The van der Waals surface area contributed by atoms with E-state index >= 15 is 0 Å². The van der Waals surface area contributed by atoms with Gasteiger partial charge in [-0.05, 0) is 79.8 Å². The van der Waals surface area contributed by atoms with Gasteiger partial charge in [0.15, 0.2) is 21.2 Å². The number of aromatic hydroxyl groups is 1. The highest BCUT2D eigenvalue weighted by molar-refractivity contribution is 9.13. The number of alkyl halides is 2. The Hall–Kier alpha value is -2.42. The van der Waals surface area contributed by atoms with Crippen LogP contribution in [-0.4, -0.2) is 74.7 Å². The van der Waals surface area contributed by atoms with Crippen LogP contribution >= 0.6 is 55.1 Å². The van der Waals surface area contributed by atoms with Crippen molar-refractivity contribution in [3.63, 3.8) is 0 Å². The maximum atomic E-state index is 14.1. The molecular weight excluding hydrogens is 734 g/mol. The number of allylic oxidation sites excluding steroid dienone is 2. The predicted molar refractivity (Wildman–Crippen MR) is 164 cm³/mol. The number of ether oxygens (including phenoxy) is 1. The van der Waals surface area contributed by atoms with E-state index in [1.54, 1.807) is 6.08 Å². The summed E-state index contributed by atoms with van der Waals surface area (Å²) in [5, 5.41) is 29.9. The summed E-state index contributed by atoms with van der Waals surface area (Å²) < 4.78 is 5.93. The number of benzene rings is 2. The third kappa shape index (κ3) is 3.98. The molecule has 6 rings (SSSR count). The number of phenols is 1. The summed E-state index contributed by atoms with van der Waals surface area (Å²) in [5.74, 6) is -6.16. The first-order chi connectivity index (χ1) is 20.2. The number of imide groups is 2. The summed E-state index contributed by atoms with van der Waals surface area (Å²) in [4.78, 5) is 53.2. The molecule has 4 aliphatic rings. The maximum Gasteiger partial charge on any atom is 0.488 e. The second-order valence-electron chi connectivity index (χ2n) is 11.1. The SMILES string of the molecule is COc1cc(C2C3=CCC4C(=O)N(c5cccc(B(O)O)c5)C(=O)C4C3CC3(Cl)C(=O)N(C)C(=O)C23Cl)c(Br)c(Br)c1O. The Bertz CT molecular complexity index is 1670. The highest BCUT2D eigenvalue weighted by Crippen LogP contribution is 2.66. The van der Waals surface area contributed by atoms with E-state index in [0.29, 0.717) is 15.6 Å². The van der Waals surface area contributed by atoms with E-state index in [4.69, 9.17) is 27.9 Å². The molecule has 0 aromatic heterocycles. The van der Waals surface area contributed by atoms with Crippen LogP contribution < -0.4 is 15.1 Å². The Balaban J connectivity index is 1.54. The average Bonchev–Trinajstić information content (AvgIpc) is 3.31. The summed E-state index contributed by atoms with van der Waals surface area (Å²) in [6.07, 6.45) is 1.74. The van der Waals surface area contributed by atoms with Gasteiger partial charge in [-0.1, -0.05) is 23.8 Å². The monoisotopic (exact) mass is 754 g/mol. The number of fused-ring (bicyclic) bond motifs is 4. The number of anilines is 1. The molecule has 0 bridgehead atoms. The van der Waals surface area contributed by atoms with Gasteiger partial charge in [0, 0.05) is 17.4 Å². The van der Waals surface area contributed by atoms with Gasteiger partial charge in [-0.15, -0.1) is 23.2 Å². The van der Waals surface area contributed by atoms with Crippen molar-refractivity contribution in [3.05, 3.63) is 56.5 Å². The highest BCUT2D eigenvalue weighted by atomic mass is 79.9. The predicted octanol–water partition coefficient (Wildman–Crippen LogP) is 2.80. The summed E-state index contributed by atoms with van der Waals surface area (Å²) >= 11 is 21.3. The third-order valence-electron chi connectivity index (χ3n) is 9.15. The van der Waals surface area contributed by atoms with E-state index in [1.807, 2.05) is 0 Å². The third-order valence-corrected chi connectivity index (χ3v) is 12.7. The molecule has 2 saturated heterocycles. The van der Waals surface area contributed by atoms with Gasteiger partial charge >= 0.3 is 7.12 Å². The molecule has 10 nitrogen and oxygen atoms in total. The molecule has 6 unspecified atom stereocenters. The fourth-order valence-electron chi connectivity index (χ4n) is 7.15. The van der Waals surface area contributed by atoms with Gasteiger partial charge in [-0.3, -0.25) is 29.0 Å². The van der Waals surface area contributed by atoms with Crippen LogP contribution in [0.5, 0.6) is 11.5 Å². The Morgan fingerprint density at radius 3 is 2.37 bits per heavy atom. The van der Waals surface area contributed by atoms with Crippen molar-refractivity contribution in [3.8, 4) is 11.5 Å². The number of hydrogen-bond donors (Lipinski definition) is 3. The molecule has 0 spiro atoms. The van der Waals surface area contributed by atoms with Crippen LogP contribution in [0, 0.1) is 17.8 Å². The molecule has 2 aliphatic heterocycles. The zero-order valence-electron chi connectivity index (χ0n) is 22.6. The molecule has 2 aromatic carbocycles. The molecular formula is C28H23BBr2Cl2N2O8. The van der Waals surface area contributed by atoms with E-state index in [2.05, 4.69) is 31.9 Å². The van der Waals surface area contributed by atoms with Crippen molar-refractivity contribution >= 4 is 97.0 Å². The minimum absolute atomic E-state index is 0.0660. The smallest absolute Gasteiger partial charge is 0.488 e. The highest BCUT2D eigenvalue weighted by Gasteiger charge is 2.76. The van der Waals surface area contributed by atoms with Crippen molar-refractivity contribution in [2.24, 2.45) is 17.8 Å². The quantitative estimate of drug-likeness (QED) is 0.187. The average molecular weight is 757 g/mol. The van der Waals surface area contributed by atoms with Gasteiger partial charge in [0.05, 0.1) is 29.1 Å². The lowest BCUT2D eigenvalue weighted by Crippen LogP contribution is -2.60. The van der Waals surface area contributed by atoms with E-state index in [1.165, 1.54) is 44.5 Å². The molecule has 2 aromatic rings. The van der Waals surface area contributed by atoms with Gasteiger partial charge in [0.25, 0.3) is 11.8 Å². The Kier molecular flexibility index (Phi) is 7.34. The van der Waals surface area contributed by atoms with Gasteiger partial charge in [0.2, 0.25) is 11.8 Å². The van der Waals surface area contributed by atoms with Crippen LogP contribution in [0.1, 0.15) is 24.3 Å². The number of methoxy groups -OCH3 is 1. The molecule has 3 N–H and O–H groups in total. The molecule has 0 radical (unpaired) electrons. The lowest BCUT2D eigenvalue weighted by Gasteiger charge is -2.51. The summed E-state index contributed by atoms with van der Waals surface area (Å²) in [6.45, 7) is 0. The normalized spacial score (nSPS) is 31.6. The Morgan fingerprint density at radius 2 is 1.72 bits per heavy atom. The number of hydrogen-bond acceptors (Lipinski definition) is 8. The lowest BCUT2D eigenvalue weighted by molar-refractivity contribution is -0.138. The minimum atomic E-state index is -2.02. The largest absolute Gasteiger partial charge is 0.503 e. The number of rotatable bonds is 4. The number of carbonyl (C=O) groups excluding carboxylic acids is 4. The molecule has 43 heavy (non-hydrogen) atoms. The minimum Gasteiger partial charge on any atom is -0.503 e. The fourth-order valence-corrected chi connectivity index (χ4v) is 9.11. The van der Waals surface area contributed by atoms with Crippen LogP contribution in [0.4, 0.5) is 5.69 Å². The first-order valence-corrected chi connectivity index (χ1v) is 15.5. The molecule has 224 valence electrons. The number of nitrogens with zero attached hydrogens (tertiary/aromatic N) is 2. The van der Waals surface area contributed by atoms with Crippen LogP contribution in [0.25, 0.3) is 0 Å². The van der Waals surface area contributed by atoms with Crippen molar-refractivity contribution in [1.29, 1.82) is 0 Å². The zero-order chi connectivity index (χ0) is 31.3. The molecule has 2 aliphatic carbocycles. The fraction of sp³-hybridized carbons (Fsp3) is 0.357. The van der Waals surface area contributed by atoms with Crippen LogP contribution in [-0.2, 0) is 19.2 Å². The second kappa shape index (κ2) is 10.3. The summed E-state index contributed by atoms with van der Waals surface area (Å²) in [6, 6.07) is 7.34. The number of amides is 4. The van der Waals surface area contributed by atoms with Crippen LogP contribution in [0.2, 0.25) is 0 Å².